The van der Waals surface area contributed by atoms with Gasteiger partial charge in [0.1, 0.15) is 11.9 Å². The Morgan fingerprint density at radius 3 is 2.74 bits per heavy atom. The molecule has 19 heavy (non-hydrogen) atoms. The molecule has 0 bridgehead atoms. The molecule has 2 rings (SSSR count). The van der Waals surface area contributed by atoms with E-state index in [1.165, 1.54) is 5.56 Å². The summed E-state index contributed by atoms with van der Waals surface area (Å²) in [6.07, 6.45) is 2.47. The molecule has 0 fully saturated rings. The number of ether oxygens (including phenoxy) is 1. The first-order valence-electron chi connectivity index (χ1n) is 7.52. The van der Waals surface area contributed by atoms with Crippen molar-refractivity contribution in [1.29, 1.82) is 0 Å². The van der Waals surface area contributed by atoms with Crippen LogP contribution in [0.15, 0.2) is 18.2 Å². The smallest absolute Gasteiger partial charge is 0.142 e. The summed E-state index contributed by atoms with van der Waals surface area (Å²) in [5.41, 5.74) is 2.54. The van der Waals surface area contributed by atoms with Crippen LogP contribution in [0, 0.1) is 0 Å². The van der Waals surface area contributed by atoms with E-state index in [-0.39, 0.29) is 0 Å². The fraction of sp³-hybridized carbons (Fsp3) is 0.625. The Hall–Kier alpha value is -1.22. The molecule has 0 amide bonds. The van der Waals surface area contributed by atoms with E-state index < -0.39 is 0 Å². The molecule has 1 aliphatic heterocycles. The van der Waals surface area contributed by atoms with Crippen LogP contribution in [0.3, 0.4) is 0 Å². The van der Waals surface area contributed by atoms with Gasteiger partial charge in [-0.1, -0.05) is 26.8 Å². The molecule has 0 spiro atoms. The second-order valence-corrected chi connectivity index (χ2v) is 5.14. The fourth-order valence-corrected chi connectivity index (χ4v) is 2.47. The summed E-state index contributed by atoms with van der Waals surface area (Å²) in [5, 5.41) is 3.48. The van der Waals surface area contributed by atoms with Crippen LogP contribution in [0.5, 0.6) is 5.75 Å². The number of benzene rings is 1. The second-order valence-electron chi connectivity index (χ2n) is 5.14. The van der Waals surface area contributed by atoms with Crippen molar-refractivity contribution in [3.8, 4) is 5.75 Å². The fourth-order valence-electron chi connectivity index (χ4n) is 2.47. The SMILES string of the molecule is CCC1CNc2cc(CCN(CC)CC)ccc2O1. The lowest BCUT2D eigenvalue weighted by atomic mass is 10.1. The number of anilines is 1. The standard InChI is InChI=1S/C16H26N2O/c1-4-14-12-17-15-11-13(7-8-16(15)19-14)9-10-18(5-2)6-3/h7-8,11,14,17H,4-6,9-10,12H2,1-3H3. The van der Waals surface area contributed by atoms with Gasteiger partial charge in [-0.3, -0.25) is 0 Å². The third kappa shape index (κ3) is 3.63. The van der Waals surface area contributed by atoms with E-state index in [1.807, 2.05) is 0 Å². The molecule has 106 valence electrons. The van der Waals surface area contributed by atoms with E-state index in [2.05, 4.69) is 49.2 Å². The largest absolute Gasteiger partial charge is 0.486 e. The van der Waals surface area contributed by atoms with Gasteiger partial charge in [0.2, 0.25) is 0 Å². The predicted octanol–water partition coefficient (Wildman–Crippen LogP) is 3.15. The van der Waals surface area contributed by atoms with Crippen molar-refractivity contribution in [2.24, 2.45) is 0 Å². The van der Waals surface area contributed by atoms with E-state index in [9.17, 15) is 0 Å². The molecule has 1 unspecified atom stereocenters. The van der Waals surface area contributed by atoms with Crippen molar-refractivity contribution in [1.82, 2.24) is 4.90 Å². The van der Waals surface area contributed by atoms with E-state index in [1.54, 1.807) is 0 Å². The lowest BCUT2D eigenvalue weighted by Crippen LogP contribution is -2.30. The minimum atomic E-state index is 0.314. The quantitative estimate of drug-likeness (QED) is 0.852. The van der Waals surface area contributed by atoms with Gasteiger partial charge >= 0.3 is 0 Å². The highest BCUT2D eigenvalue weighted by Crippen LogP contribution is 2.30. The third-order valence-electron chi connectivity index (χ3n) is 3.92. The summed E-state index contributed by atoms with van der Waals surface area (Å²) >= 11 is 0. The average Bonchev–Trinajstić information content (AvgIpc) is 2.47. The van der Waals surface area contributed by atoms with Crippen molar-refractivity contribution in [3.05, 3.63) is 23.8 Å². The van der Waals surface area contributed by atoms with Crippen LogP contribution in [0.1, 0.15) is 32.8 Å². The first-order chi connectivity index (χ1) is 9.26. The summed E-state index contributed by atoms with van der Waals surface area (Å²) in [6, 6.07) is 6.55. The molecular weight excluding hydrogens is 236 g/mol. The van der Waals surface area contributed by atoms with Crippen LogP contribution in [0.2, 0.25) is 0 Å². The van der Waals surface area contributed by atoms with Gasteiger partial charge < -0.3 is 15.0 Å². The van der Waals surface area contributed by atoms with Gasteiger partial charge in [-0.25, -0.2) is 0 Å². The summed E-state index contributed by atoms with van der Waals surface area (Å²) in [5.74, 6) is 1.00. The topological polar surface area (TPSA) is 24.5 Å². The maximum Gasteiger partial charge on any atom is 0.142 e. The number of rotatable bonds is 6. The summed E-state index contributed by atoms with van der Waals surface area (Å²) < 4.78 is 5.93. The van der Waals surface area contributed by atoms with Crippen molar-refractivity contribution in [2.45, 2.75) is 39.7 Å². The van der Waals surface area contributed by atoms with Gasteiger partial charge in [0.15, 0.2) is 0 Å². The van der Waals surface area contributed by atoms with Gasteiger partial charge in [-0.15, -0.1) is 0 Å². The normalized spacial score (nSPS) is 17.8. The minimum Gasteiger partial charge on any atom is -0.486 e. The number of nitrogens with one attached hydrogen (secondary N) is 1. The number of fused-ring (bicyclic) bond motifs is 1. The zero-order chi connectivity index (χ0) is 13.7. The van der Waals surface area contributed by atoms with Gasteiger partial charge in [0, 0.05) is 6.54 Å². The van der Waals surface area contributed by atoms with Crippen molar-refractivity contribution in [2.75, 3.05) is 31.5 Å². The third-order valence-corrected chi connectivity index (χ3v) is 3.92. The molecule has 0 aliphatic carbocycles. The van der Waals surface area contributed by atoms with Crippen LogP contribution in [-0.4, -0.2) is 37.2 Å². The molecule has 3 heteroatoms. The zero-order valence-electron chi connectivity index (χ0n) is 12.4. The van der Waals surface area contributed by atoms with Crippen LogP contribution in [-0.2, 0) is 6.42 Å². The number of nitrogens with zero attached hydrogens (tertiary/aromatic N) is 1. The molecule has 1 aromatic rings. The van der Waals surface area contributed by atoms with Crippen molar-refractivity contribution < 1.29 is 4.74 Å². The highest BCUT2D eigenvalue weighted by molar-refractivity contribution is 5.59. The molecule has 0 saturated heterocycles. The minimum absolute atomic E-state index is 0.314. The lowest BCUT2D eigenvalue weighted by Gasteiger charge is -2.27. The maximum absolute atomic E-state index is 5.93. The molecule has 1 aliphatic rings. The lowest BCUT2D eigenvalue weighted by molar-refractivity contribution is 0.202. The number of hydrogen-bond acceptors (Lipinski definition) is 3. The molecule has 1 N–H and O–H groups in total. The van der Waals surface area contributed by atoms with E-state index in [4.69, 9.17) is 4.74 Å². The highest BCUT2D eigenvalue weighted by atomic mass is 16.5. The summed E-state index contributed by atoms with van der Waals surface area (Å²) in [4.78, 5) is 2.45. The van der Waals surface area contributed by atoms with Gasteiger partial charge in [0.25, 0.3) is 0 Å². The van der Waals surface area contributed by atoms with Crippen molar-refractivity contribution >= 4 is 5.69 Å². The molecule has 1 atom stereocenters. The molecular formula is C16H26N2O. The van der Waals surface area contributed by atoms with Gasteiger partial charge in [-0.2, -0.15) is 0 Å². The molecule has 3 nitrogen and oxygen atoms in total. The molecule has 0 radical (unpaired) electrons. The van der Waals surface area contributed by atoms with Crippen LogP contribution in [0.4, 0.5) is 5.69 Å². The highest BCUT2D eigenvalue weighted by Gasteiger charge is 2.17. The van der Waals surface area contributed by atoms with E-state index in [0.717, 1.165) is 50.5 Å². The Labute approximate surface area is 116 Å². The first-order valence-corrected chi connectivity index (χ1v) is 7.52. The van der Waals surface area contributed by atoms with Gasteiger partial charge in [0.05, 0.1) is 12.2 Å². The maximum atomic E-state index is 5.93. The number of likely N-dealkylation sites (N-methyl/N-ethyl adjacent to an activating group) is 1. The van der Waals surface area contributed by atoms with E-state index in [0.29, 0.717) is 6.10 Å². The van der Waals surface area contributed by atoms with Crippen LogP contribution in [0.25, 0.3) is 0 Å². The number of hydrogen-bond donors (Lipinski definition) is 1. The Bertz CT molecular complexity index is 402. The molecule has 1 aromatic carbocycles. The van der Waals surface area contributed by atoms with E-state index >= 15 is 0 Å². The van der Waals surface area contributed by atoms with Gasteiger partial charge in [-0.05, 0) is 43.6 Å². The molecule has 0 aromatic heterocycles. The Balaban J connectivity index is 1.98. The molecule has 1 heterocycles. The van der Waals surface area contributed by atoms with Crippen LogP contribution >= 0.6 is 0 Å². The monoisotopic (exact) mass is 262 g/mol. The first kappa shape index (κ1) is 14.2. The Morgan fingerprint density at radius 2 is 2.05 bits per heavy atom. The summed E-state index contributed by atoms with van der Waals surface area (Å²) in [6.45, 7) is 10.9. The Morgan fingerprint density at radius 1 is 1.26 bits per heavy atom. The predicted molar refractivity (Wildman–Crippen MR) is 81.1 cm³/mol. The second kappa shape index (κ2) is 6.80. The summed E-state index contributed by atoms with van der Waals surface area (Å²) in [7, 11) is 0. The van der Waals surface area contributed by atoms with Crippen molar-refractivity contribution in [3.63, 3.8) is 0 Å². The zero-order valence-corrected chi connectivity index (χ0v) is 12.4. The molecule has 0 saturated carbocycles. The van der Waals surface area contributed by atoms with Crippen LogP contribution < -0.4 is 10.1 Å². The average molecular weight is 262 g/mol. The Kier molecular flexibility index (Phi) is 5.08.